The molecule has 1 unspecified atom stereocenters. The topological polar surface area (TPSA) is 127 Å². The van der Waals surface area contributed by atoms with E-state index in [4.69, 9.17) is 30.9 Å². The van der Waals surface area contributed by atoms with Crippen molar-refractivity contribution >= 4 is 40.7 Å². The fourth-order valence-corrected chi connectivity index (χ4v) is 5.75. The molecule has 9 nitrogen and oxygen atoms in total. The summed E-state index contributed by atoms with van der Waals surface area (Å²) in [7, 11) is 0. The number of amidine groups is 1. The molecule has 1 saturated carbocycles. The smallest absolute Gasteiger partial charge is 0.357 e. The van der Waals surface area contributed by atoms with E-state index in [0.29, 0.717) is 53.7 Å². The lowest BCUT2D eigenvalue weighted by Gasteiger charge is -2.34. The Labute approximate surface area is 226 Å². The molecule has 1 atom stereocenters. The van der Waals surface area contributed by atoms with E-state index in [1.54, 1.807) is 19.2 Å². The van der Waals surface area contributed by atoms with Gasteiger partial charge in [0.05, 0.1) is 17.2 Å². The second-order valence-electron chi connectivity index (χ2n) is 8.96. The van der Waals surface area contributed by atoms with Gasteiger partial charge in [-0.1, -0.05) is 23.7 Å². The van der Waals surface area contributed by atoms with Crippen LogP contribution in [0, 0.1) is 11.7 Å². The highest BCUT2D eigenvalue weighted by atomic mass is 35.5. The Morgan fingerprint density at radius 3 is 2.68 bits per heavy atom. The van der Waals surface area contributed by atoms with Gasteiger partial charge in [0.25, 0.3) is 0 Å². The Morgan fingerprint density at radius 2 is 2.03 bits per heavy atom. The number of nitrogens with one attached hydrogen (secondary N) is 1. The normalized spacial score (nSPS) is 21.6. The summed E-state index contributed by atoms with van der Waals surface area (Å²) in [5, 5.41) is 14.8. The molecule has 2 aromatic heterocycles. The minimum Gasteiger partial charge on any atom is -0.476 e. The van der Waals surface area contributed by atoms with E-state index in [1.165, 1.54) is 23.5 Å². The molecule has 0 amide bonds. The van der Waals surface area contributed by atoms with Gasteiger partial charge >= 0.3 is 11.9 Å². The van der Waals surface area contributed by atoms with Gasteiger partial charge in [-0.05, 0) is 44.6 Å². The summed E-state index contributed by atoms with van der Waals surface area (Å²) in [6.45, 7) is 1.88. The summed E-state index contributed by atoms with van der Waals surface area (Å²) >= 11 is 7.77. The zero-order valence-corrected chi connectivity index (χ0v) is 21.9. The largest absolute Gasteiger partial charge is 0.476 e. The minimum atomic E-state index is -1.14. The lowest BCUT2D eigenvalue weighted by atomic mass is 9.78. The number of halogens is 2. The first-order chi connectivity index (χ1) is 18.4. The Balaban J connectivity index is 1.53. The molecule has 1 aromatic carbocycles. The van der Waals surface area contributed by atoms with Crippen LogP contribution in [0.15, 0.2) is 56.7 Å². The minimum absolute atomic E-state index is 0.0462. The van der Waals surface area contributed by atoms with Gasteiger partial charge in [0, 0.05) is 28.8 Å². The summed E-state index contributed by atoms with van der Waals surface area (Å²) in [5.74, 6) is -1.56. The van der Waals surface area contributed by atoms with Crippen molar-refractivity contribution in [3.63, 3.8) is 0 Å². The Hall–Kier alpha value is -3.57. The number of hydrogen-bond donors (Lipinski definition) is 2. The van der Waals surface area contributed by atoms with E-state index in [1.807, 2.05) is 5.38 Å². The van der Waals surface area contributed by atoms with Crippen LogP contribution in [0.3, 0.4) is 0 Å². The summed E-state index contributed by atoms with van der Waals surface area (Å²) in [6, 6.07) is 3.55. The standard InChI is InChI=1S/C26H24ClFN4O5S/c1-2-36-26(35)18-20(13-6-8-14(9-7-13)23-30-17(12-37-23)25(33)34)31-22(24-29-10-11-38-24)32-21(18)15-4-3-5-16(28)19(15)27/h3-5,10-14,21H,2,6-9H2,1H3,(H,31,32)(H,33,34)/t13-,14-,21?. The maximum absolute atomic E-state index is 14.5. The summed E-state index contributed by atoms with van der Waals surface area (Å²) in [6.07, 6.45) is 5.47. The van der Waals surface area contributed by atoms with Crippen LogP contribution >= 0.6 is 22.9 Å². The monoisotopic (exact) mass is 558 g/mol. The summed E-state index contributed by atoms with van der Waals surface area (Å²) in [5.41, 5.74) is 1.17. The number of carboxylic acid groups (broad SMARTS) is 1. The first kappa shape index (κ1) is 26.1. The Morgan fingerprint density at radius 1 is 1.26 bits per heavy atom. The number of benzene rings is 1. The van der Waals surface area contributed by atoms with Gasteiger partial charge in [-0.25, -0.2) is 23.9 Å². The number of carboxylic acids is 1. The van der Waals surface area contributed by atoms with Crippen LogP contribution in [-0.4, -0.2) is 39.5 Å². The Bertz CT molecular complexity index is 1410. The van der Waals surface area contributed by atoms with Gasteiger partial charge < -0.3 is 19.6 Å². The van der Waals surface area contributed by atoms with Crippen molar-refractivity contribution in [2.45, 2.75) is 44.6 Å². The van der Waals surface area contributed by atoms with E-state index >= 15 is 0 Å². The summed E-state index contributed by atoms with van der Waals surface area (Å²) in [4.78, 5) is 37.8. The number of carbonyl (C=O) groups is 2. The predicted molar refractivity (Wildman–Crippen MR) is 138 cm³/mol. The van der Waals surface area contributed by atoms with Gasteiger partial charge in [0.15, 0.2) is 22.4 Å². The number of thiazole rings is 1. The third kappa shape index (κ3) is 5.08. The molecule has 2 aliphatic rings. The van der Waals surface area contributed by atoms with E-state index in [2.05, 4.69) is 15.3 Å². The molecular weight excluding hydrogens is 535 g/mol. The van der Waals surface area contributed by atoms with Crippen molar-refractivity contribution in [2.75, 3.05) is 6.61 Å². The highest BCUT2D eigenvalue weighted by Crippen LogP contribution is 2.43. The zero-order valence-electron chi connectivity index (χ0n) is 20.3. The molecule has 0 bridgehead atoms. The van der Waals surface area contributed by atoms with Crippen LogP contribution in [0.25, 0.3) is 0 Å². The molecule has 0 saturated heterocycles. The quantitative estimate of drug-likeness (QED) is 0.364. The number of hydrogen-bond acceptors (Lipinski definition) is 9. The molecule has 0 radical (unpaired) electrons. The molecule has 5 rings (SSSR count). The first-order valence-electron chi connectivity index (χ1n) is 12.2. The molecule has 2 N–H and O–H groups in total. The van der Waals surface area contributed by atoms with Crippen molar-refractivity contribution in [2.24, 2.45) is 10.9 Å². The van der Waals surface area contributed by atoms with E-state index in [9.17, 15) is 14.0 Å². The first-order valence-corrected chi connectivity index (χ1v) is 13.4. The zero-order chi connectivity index (χ0) is 26.8. The molecule has 3 heterocycles. The molecular formula is C26H24ClFN4O5S. The average Bonchev–Trinajstić information content (AvgIpc) is 3.63. The van der Waals surface area contributed by atoms with Crippen LogP contribution in [0.4, 0.5) is 4.39 Å². The molecule has 1 aliphatic carbocycles. The molecule has 198 valence electrons. The van der Waals surface area contributed by atoms with Gasteiger partial charge in [-0.2, -0.15) is 0 Å². The fraction of sp³-hybridized carbons (Fsp3) is 0.346. The van der Waals surface area contributed by atoms with Gasteiger partial charge in [0.1, 0.15) is 18.1 Å². The number of aliphatic imine (C=N–C) groups is 1. The number of esters is 1. The Kier molecular flexibility index (Phi) is 7.57. The molecule has 38 heavy (non-hydrogen) atoms. The van der Waals surface area contributed by atoms with Crippen LogP contribution < -0.4 is 5.32 Å². The maximum Gasteiger partial charge on any atom is 0.357 e. The van der Waals surface area contributed by atoms with Crippen LogP contribution in [0.5, 0.6) is 0 Å². The van der Waals surface area contributed by atoms with Crippen LogP contribution in [-0.2, 0) is 9.53 Å². The third-order valence-corrected chi connectivity index (χ3v) is 7.89. The predicted octanol–water partition coefficient (Wildman–Crippen LogP) is 5.50. The van der Waals surface area contributed by atoms with Crippen LogP contribution in [0.1, 0.15) is 71.5 Å². The number of aromatic carboxylic acids is 1. The number of allylic oxidation sites excluding steroid dienone is 1. The molecule has 1 fully saturated rings. The number of ether oxygens (including phenoxy) is 1. The van der Waals surface area contributed by atoms with Gasteiger partial charge in [0.2, 0.25) is 0 Å². The van der Waals surface area contributed by atoms with E-state index < -0.39 is 23.8 Å². The average molecular weight is 559 g/mol. The van der Waals surface area contributed by atoms with E-state index in [-0.39, 0.29) is 34.7 Å². The number of rotatable bonds is 7. The molecule has 12 heteroatoms. The van der Waals surface area contributed by atoms with Crippen LogP contribution in [0.2, 0.25) is 5.02 Å². The summed E-state index contributed by atoms with van der Waals surface area (Å²) < 4.78 is 25.4. The van der Waals surface area contributed by atoms with E-state index in [0.717, 1.165) is 6.26 Å². The SMILES string of the molecule is CCOC(=O)C1=C([C@H]2CC[C@H](c3nc(C(=O)O)co3)CC2)NC(c2nccs2)=NC1c1cccc(F)c1Cl. The third-order valence-electron chi connectivity index (χ3n) is 6.71. The second kappa shape index (κ2) is 11.0. The molecule has 1 aliphatic heterocycles. The lowest BCUT2D eigenvalue weighted by Crippen LogP contribution is -2.38. The van der Waals surface area contributed by atoms with Crippen molar-refractivity contribution in [1.82, 2.24) is 15.3 Å². The maximum atomic E-state index is 14.5. The van der Waals surface area contributed by atoms with Gasteiger partial charge in [-0.3, -0.25) is 4.99 Å². The number of nitrogens with zero attached hydrogens (tertiary/aromatic N) is 3. The second-order valence-corrected chi connectivity index (χ2v) is 10.2. The van der Waals surface area contributed by atoms with Crippen molar-refractivity contribution in [3.8, 4) is 0 Å². The van der Waals surface area contributed by atoms with Gasteiger partial charge in [-0.15, -0.1) is 11.3 Å². The number of carbonyl (C=O) groups excluding carboxylic acids is 1. The molecule has 3 aromatic rings. The number of oxazole rings is 1. The van der Waals surface area contributed by atoms with Crippen molar-refractivity contribution in [1.29, 1.82) is 0 Å². The van der Waals surface area contributed by atoms with Crippen molar-refractivity contribution < 1.29 is 28.2 Å². The van der Waals surface area contributed by atoms with Crippen molar-refractivity contribution in [3.05, 3.63) is 80.3 Å². The lowest BCUT2D eigenvalue weighted by molar-refractivity contribution is -0.139. The fourth-order valence-electron chi connectivity index (χ4n) is 4.93. The highest BCUT2D eigenvalue weighted by Gasteiger charge is 2.38. The molecule has 0 spiro atoms. The highest BCUT2D eigenvalue weighted by molar-refractivity contribution is 7.11. The number of aromatic nitrogens is 2.